The smallest absolute Gasteiger partial charge is 0.264 e. The van der Waals surface area contributed by atoms with E-state index in [4.69, 9.17) is 11.6 Å². The predicted molar refractivity (Wildman–Crippen MR) is 164 cm³/mol. The molecule has 0 saturated heterocycles. The minimum atomic E-state index is -4.16. The molecule has 0 bridgehead atoms. The molecule has 0 unspecified atom stereocenters. The maximum absolute atomic E-state index is 14.0. The summed E-state index contributed by atoms with van der Waals surface area (Å²) in [6.07, 6.45) is 0. The average Bonchev–Trinajstić information content (AvgIpc) is 2.91. The van der Waals surface area contributed by atoms with E-state index in [1.165, 1.54) is 23.1 Å². The Morgan fingerprint density at radius 1 is 0.950 bits per heavy atom. The topological polar surface area (TPSA) is 86.8 Å². The lowest BCUT2D eigenvalue weighted by Crippen LogP contribution is -2.51. The molecule has 0 saturated carbocycles. The molecule has 1 atom stereocenters. The number of halogens is 2. The number of hydrogen-bond acceptors (Lipinski definition) is 4. The summed E-state index contributed by atoms with van der Waals surface area (Å²) in [5, 5.41) is 3.22. The molecule has 0 radical (unpaired) electrons. The number of aryl methyl sites for hydroxylation is 2. The van der Waals surface area contributed by atoms with Crippen LogP contribution in [0.2, 0.25) is 5.02 Å². The molecule has 0 heterocycles. The van der Waals surface area contributed by atoms with E-state index in [1.807, 2.05) is 45.0 Å². The van der Waals surface area contributed by atoms with Crippen LogP contribution >= 0.6 is 27.5 Å². The van der Waals surface area contributed by atoms with Crippen molar-refractivity contribution in [3.05, 3.63) is 92.9 Å². The first-order valence-electron chi connectivity index (χ1n) is 13.0. The molecule has 0 aliphatic carbocycles. The van der Waals surface area contributed by atoms with Gasteiger partial charge in [0.05, 0.1) is 10.6 Å². The quantitative estimate of drug-likeness (QED) is 0.272. The van der Waals surface area contributed by atoms with Gasteiger partial charge in [0.2, 0.25) is 11.8 Å². The number of carbonyl (C=O) groups is 2. The molecule has 3 aromatic carbocycles. The van der Waals surface area contributed by atoms with E-state index in [2.05, 4.69) is 21.2 Å². The van der Waals surface area contributed by atoms with Gasteiger partial charge in [0.15, 0.2) is 0 Å². The lowest BCUT2D eigenvalue weighted by Gasteiger charge is -2.32. The van der Waals surface area contributed by atoms with Crippen LogP contribution in [-0.4, -0.2) is 44.3 Å². The van der Waals surface area contributed by atoms with Crippen LogP contribution < -0.4 is 9.62 Å². The largest absolute Gasteiger partial charge is 0.354 e. The highest BCUT2D eigenvalue weighted by molar-refractivity contribution is 9.10. The molecule has 214 valence electrons. The fourth-order valence-electron chi connectivity index (χ4n) is 4.02. The van der Waals surface area contributed by atoms with Gasteiger partial charge >= 0.3 is 0 Å². The minimum Gasteiger partial charge on any atom is -0.354 e. The first-order valence-corrected chi connectivity index (χ1v) is 15.6. The third kappa shape index (κ3) is 8.08. The van der Waals surface area contributed by atoms with Crippen molar-refractivity contribution < 1.29 is 18.0 Å². The summed E-state index contributed by atoms with van der Waals surface area (Å²) in [6.45, 7) is 9.30. The lowest BCUT2D eigenvalue weighted by molar-refractivity contribution is -0.139. The van der Waals surface area contributed by atoms with Crippen LogP contribution in [0, 0.1) is 19.8 Å². The number of nitrogens with one attached hydrogen (secondary N) is 1. The summed E-state index contributed by atoms with van der Waals surface area (Å²) in [5.74, 6) is -0.607. The molecular formula is C30H35BrClN3O4S. The van der Waals surface area contributed by atoms with Crippen LogP contribution in [0.1, 0.15) is 37.5 Å². The Morgan fingerprint density at radius 3 is 2.17 bits per heavy atom. The second-order valence-electron chi connectivity index (χ2n) is 10.2. The van der Waals surface area contributed by atoms with E-state index >= 15 is 0 Å². The highest BCUT2D eigenvalue weighted by atomic mass is 79.9. The van der Waals surface area contributed by atoms with Crippen molar-refractivity contribution in [3.8, 4) is 0 Å². The molecule has 0 aliphatic rings. The maximum Gasteiger partial charge on any atom is 0.264 e. The zero-order chi connectivity index (χ0) is 29.6. The van der Waals surface area contributed by atoms with Gasteiger partial charge in [-0.05, 0) is 74.2 Å². The van der Waals surface area contributed by atoms with E-state index < -0.39 is 28.5 Å². The van der Waals surface area contributed by atoms with Crippen molar-refractivity contribution in [1.82, 2.24) is 10.2 Å². The van der Waals surface area contributed by atoms with Gasteiger partial charge in [-0.15, -0.1) is 0 Å². The van der Waals surface area contributed by atoms with Gasteiger partial charge in [-0.25, -0.2) is 8.42 Å². The number of hydrogen-bond donors (Lipinski definition) is 1. The highest BCUT2D eigenvalue weighted by Crippen LogP contribution is 2.30. The van der Waals surface area contributed by atoms with Crippen molar-refractivity contribution in [3.63, 3.8) is 0 Å². The molecular weight excluding hydrogens is 614 g/mol. The van der Waals surface area contributed by atoms with Crippen LogP contribution in [0.25, 0.3) is 0 Å². The Hall–Kier alpha value is -2.88. The SMILES string of the molecule is Cc1ccc(S(=O)(=O)N(CC(=O)N(Cc2ccc(Br)cc2)[C@H](C)C(=O)NCC(C)C)c2cc(Cl)ccc2C)cc1. The first-order chi connectivity index (χ1) is 18.8. The van der Waals surface area contributed by atoms with Gasteiger partial charge in [-0.1, -0.05) is 77.3 Å². The summed E-state index contributed by atoms with van der Waals surface area (Å²) in [4.78, 5) is 28.6. The van der Waals surface area contributed by atoms with Gasteiger partial charge in [0.1, 0.15) is 12.6 Å². The normalized spacial score (nSPS) is 12.2. The monoisotopic (exact) mass is 647 g/mol. The number of anilines is 1. The van der Waals surface area contributed by atoms with E-state index in [1.54, 1.807) is 38.1 Å². The molecule has 10 heteroatoms. The van der Waals surface area contributed by atoms with Crippen molar-refractivity contribution >= 4 is 55.1 Å². The molecule has 40 heavy (non-hydrogen) atoms. The second-order valence-corrected chi connectivity index (χ2v) is 13.4. The Labute approximate surface area is 250 Å². The van der Waals surface area contributed by atoms with Gasteiger partial charge in [0, 0.05) is 22.6 Å². The van der Waals surface area contributed by atoms with Gasteiger partial charge in [0.25, 0.3) is 10.0 Å². The summed E-state index contributed by atoms with van der Waals surface area (Å²) in [6, 6.07) is 17.9. The van der Waals surface area contributed by atoms with Crippen molar-refractivity contribution in [2.75, 3.05) is 17.4 Å². The van der Waals surface area contributed by atoms with Crippen LogP contribution in [0.15, 0.2) is 76.1 Å². The Bertz CT molecular complexity index is 1440. The van der Waals surface area contributed by atoms with Crippen LogP contribution in [0.4, 0.5) is 5.69 Å². The maximum atomic E-state index is 14.0. The lowest BCUT2D eigenvalue weighted by atomic mass is 10.1. The number of benzene rings is 3. The fourth-order valence-corrected chi connectivity index (χ4v) is 5.92. The van der Waals surface area contributed by atoms with Crippen molar-refractivity contribution in [2.45, 2.75) is 52.1 Å². The van der Waals surface area contributed by atoms with Crippen LogP contribution in [0.5, 0.6) is 0 Å². The molecule has 0 aromatic heterocycles. The van der Waals surface area contributed by atoms with E-state index in [-0.39, 0.29) is 23.3 Å². The summed E-state index contributed by atoms with van der Waals surface area (Å²) in [5.41, 5.74) is 2.63. The Balaban J connectivity index is 2.05. The number of rotatable bonds is 11. The standard InChI is InChI=1S/C30H35BrClN3O4S/c1-20(2)17-33-30(37)23(5)34(18-24-9-11-25(31)12-10-24)29(36)19-35(28-16-26(32)13-8-22(28)4)40(38,39)27-14-6-21(3)7-15-27/h6-16,20,23H,17-19H2,1-5H3,(H,33,37)/t23-/m1/s1. The van der Waals surface area contributed by atoms with Crippen molar-refractivity contribution in [2.24, 2.45) is 5.92 Å². The number of sulfonamides is 1. The second kappa shape index (κ2) is 13.7. The van der Waals surface area contributed by atoms with Gasteiger partial charge in [-0.3, -0.25) is 13.9 Å². The summed E-state index contributed by atoms with van der Waals surface area (Å²) in [7, 11) is -4.16. The molecule has 3 aromatic rings. The number of carbonyl (C=O) groups excluding carboxylic acids is 2. The molecule has 1 N–H and O–H groups in total. The van der Waals surface area contributed by atoms with E-state index in [0.29, 0.717) is 22.8 Å². The molecule has 2 amide bonds. The Morgan fingerprint density at radius 2 is 1.57 bits per heavy atom. The first kappa shape index (κ1) is 31.6. The molecule has 0 aliphatic heterocycles. The summed E-state index contributed by atoms with van der Waals surface area (Å²) < 4.78 is 29.9. The highest BCUT2D eigenvalue weighted by Gasteiger charge is 2.33. The molecule has 0 fully saturated rings. The molecule has 7 nitrogen and oxygen atoms in total. The number of nitrogens with zero attached hydrogens (tertiary/aromatic N) is 2. The summed E-state index contributed by atoms with van der Waals surface area (Å²) >= 11 is 9.69. The van der Waals surface area contributed by atoms with Gasteiger partial charge in [-0.2, -0.15) is 0 Å². The third-order valence-corrected chi connectivity index (χ3v) is 8.98. The molecule has 0 spiro atoms. The minimum absolute atomic E-state index is 0.0486. The fraction of sp³-hybridized carbons (Fsp3) is 0.333. The van der Waals surface area contributed by atoms with Gasteiger partial charge < -0.3 is 10.2 Å². The van der Waals surface area contributed by atoms with Crippen LogP contribution in [0.3, 0.4) is 0 Å². The van der Waals surface area contributed by atoms with Crippen molar-refractivity contribution in [1.29, 1.82) is 0 Å². The zero-order valence-electron chi connectivity index (χ0n) is 23.3. The number of amides is 2. The zero-order valence-corrected chi connectivity index (χ0v) is 26.5. The average molecular weight is 649 g/mol. The van der Waals surface area contributed by atoms with E-state index in [9.17, 15) is 18.0 Å². The third-order valence-electron chi connectivity index (χ3n) is 6.45. The Kier molecular flexibility index (Phi) is 10.8. The van der Waals surface area contributed by atoms with E-state index in [0.717, 1.165) is 19.9 Å². The predicted octanol–water partition coefficient (Wildman–Crippen LogP) is 6.10. The van der Waals surface area contributed by atoms with Crippen LogP contribution in [-0.2, 0) is 26.2 Å². The molecule has 3 rings (SSSR count).